The van der Waals surface area contributed by atoms with E-state index < -0.39 is 12.0 Å². The number of aliphatic carboxylic acids is 1. The predicted molar refractivity (Wildman–Crippen MR) is 113 cm³/mol. The number of thiol groups is 1. The van der Waals surface area contributed by atoms with Gasteiger partial charge >= 0.3 is 5.97 Å². The summed E-state index contributed by atoms with van der Waals surface area (Å²) in [5.41, 5.74) is 3.01. The molecule has 1 N–H and O–H groups in total. The van der Waals surface area contributed by atoms with Crippen LogP contribution in [0.5, 0.6) is 0 Å². The zero-order valence-corrected chi connectivity index (χ0v) is 16.1. The molecule has 1 atom stereocenters. The Kier molecular flexibility index (Phi) is 6.50. The number of amides is 1. The van der Waals surface area contributed by atoms with Gasteiger partial charge in [-0.05, 0) is 22.8 Å². The van der Waals surface area contributed by atoms with Crippen LogP contribution >= 0.6 is 12.6 Å². The number of carboxylic acids is 1. The van der Waals surface area contributed by atoms with Crippen LogP contribution in [0.25, 0.3) is 11.1 Å². The van der Waals surface area contributed by atoms with Crippen molar-refractivity contribution in [1.82, 2.24) is 4.90 Å². The highest BCUT2D eigenvalue weighted by atomic mass is 32.1. The molecule has 0 bridgehead atoms. The third kappa shape index (κ3) is 4.43. The Hall–Kier alpha value is -3.05. The smallest absolute Gasteiger partial charge is 0.327 e. The maximum atomic E-state index is 13.5. The third-order valence-corrected chi connectivity index (χ3v) is 4.88. The van der Waals surface area contributed by atoms with Crippen LogP contribution in [0.3, 0.4) is 0 Å². The number of carbonyl (C=O) groups excluding carboxylic acids is 1. The third-order valence-electron chi connectivity index (χ3n) is 4.53. The number of carboxylic acid groups (broad SMARTS) is 1. The minimum Gasteiger partial charge on any atom is -0.480 e. The summed E-state index contributed by atoms with van der Waals surface area (Å²) in [5.74, 6) is -1.37. The maximum absolute atomic E-state index is 13.5. The van der Waals surface area contributed by atoms with Gasteiger partial charge in [0, 0.05) is 17.9 Å². The first-order valence-electron chi connectivity index (χ1n) is 8.95. The Morgan fingerprint density at radius 1 is 0.857 bits per heavy atom. The van der Waals surface area contributed by atoms with Crippen molar-refractivity contribution in [2.75, 3.05) is 5.75 Å². The lowest BCUT2D eigenvalue weighted by molar-refractivity contribution is -0.141. The van der Waals surface area contributed by atoms with E-state index in [4.69, 9.17) is 0 Å². The van der Waals surface area contributed by atoms with Gasteiger partial charge in [0.2, 0.25) is 0 Å². The van der Waals surface area contributed by atoms with Gasteiger partial charge in [0.25, 0.3) is 5.91 Å². The van der Waals surface area contributed by atoms with E-state index in [1.165, 1.54) is 4.90 Å². The van der Waals surface area contributed by atoms with Crippen LogP contribution < -0.4 is 0 Å². The fourth-order valence-corrected chi connectivity index (χ4v) is 3.46. The molecular weight excluding hydrogens is 370 g/mol. The van der Waals surface area contributed by atoms with Gasteiger partial charge in [0.05, 0.1) is 0 Å². The minimum absolute atomic E-state index is 0.0292. The Labute approximate surface area is 169 Å². The normalized spacial score (nSPS) is 11.6. The zero-order chi connectivity index (χ0) is 19.9. The van der Waals surface area contributed by atoms with Gasteiger partial charge in [-0.2, -0.15) is 12.6 Å². The first-order valence-corrected chi connectivity index (χ1v) is 9.58. The van der Waals surface area contributed by atoms with Gasteiger partial charge in [0.15, 0.2) is 0 Å². The largest absolute Gasteiger partial charge is 0.480 e. The lowest BCUT2D eigenvalue weighted by Crippen LogP contribution is -2.46. The summed E-state index contributed by atoms with van der Waals surface area (Å²) < 4.78 is 0. The van der Waals surface area contributed by atoms with Crippen LogP contribution in [0.15, 0.2) is 84.9 Å². The first-order chi connectivity index (χ1) is 13.6. The molecule has 0 aliphatic heterocycles. The van der Waals surface area contributed by atoms with Crippen LogP contribution in [-0.2, 0) is 11.3 Å². The molecule has 0 saturated carbocycles. The van der Waals surface area contributed by atoms with E-state index >= 15 is 0 Å². The molecule has 142 valence electrons. The topological polar surface area (TPSA) is 57.6 Å². The molecule has 3 aromatic carbocycles. The standard InChI is InChI=1S/C23H21NO3S/c25-22(20-14-8-7-13-19(20)18-11-5-2-6-12-18)24(21(16-28)23(26)27)15-17-9-3-1-4-10-17/h1-14,21,28H,15-16H2,(H,26,27)/t21-/m1/s1. The summed E-state index contributed by atoms with van der Waals surface area (Å²) in [6.45, 7) is 0.195. The van der Waals surface area contributed by atoms with Crippen LogP contribution in [0.2, 0.25) is 0 Å². The molecule has 0 saturated heterocycles. The lowest BCUT2D eigenvalue weighted by Gasteiger charge is -2.29. The Morgan fingerprint density at radius 3 is 2.04 bits per heavy atom. The molecule has 0 radical (unpaired) electrons. The van der Waals surface area contributed by atoms with Gasteiger partial charge in [-0.25, -0.2) is 4.79 Å². The van der Waals surface area contributed by atoms with Gasteiger partial charge in [-0.1, -0.05) is 78.9 Å². The van der Waals surface area contributed by atoms with Crippen molar-refractivity contribution in [3.63, 3.8) is 0 Å². The number of hydrogen-bond acceptors (Lipinski definition) is 3. The van der Waals surface area contributed by atoms with Crippen molar-refractivity contribution < 1.29 is 14.7 Å². The molecule has 0 unspecified atom stereocenters. The Balaban J connectivity index is 2.03. The average molecular weight is 391 g/mol. The minimum atomic E-state index is -1.07. The summed E-state index contributed by atoms with van der Waals surface area (Å²) in [5, 5.41) is 9.66. The van der Waals surface area contributed by atoms with Crippen molar-refractivity contribution in [3.8, 4) is 11.1 Å². The molecule has 0 aliphatic carbocycles. The highest BCUT2D eigenvalue weighted by molar-refractivity contribution is 7.80. The molecule has 0 spiro atoms. The van der Waals surface area contributed by atoms with Crippen molar-refractivity contribution in [3.05, 3.63) is 96.1 Å². The van der Waals surface area contributed by atoms with Crippen LogP contribution in [0.1, 0.15) is 15.9 Å². The van der Waals surface area contributed by atoms with E-state index in [2.05, 4.69) is 12.6 Å². The highest BCUT2D eigenvalue weighted by Gasteiger charge is 2.30. The molecule has 3 aromatic rings. The summed E-state index contributed by atoms with van der Waals surface area (Å²) in [6.07, 6.45) is 0. The number of nitrogens with zero attached hydrogens (tertiary/aromatic N) is 1. The van der Waals surface area contributed by atoms with E-state index in [0.717, 1.165) is 16.7 Å². The Morgan fingerprint density at radius 2 is 1.43 bits per heavy atom. The molecule has 0 aliphatic rings. The number of carbonyl (C=O) groups is 2. The van der Waals surface area contributed by atoms with Crippen molar-refractivity contribution in [1.29, 1.82) is 0 Å². The monoisotopic (exact) mass is 391 g/mol. The highest BCUT2D eigenvalue weighted by Crippen LogP contribution is 2.26. The second-order valence-corrected chi connectivity index (χ2v) is 6.73. The molecule has 0 aromatic heterocycles. The number of hydrogen-bond donors (Lipinski definition) is 2. The fourth-order valence-electron chi connectivity index (χ4n) is 3.11. The fraction of sp³-hybridized carbons (Fsp3) is 0.130. The quantitative estimate of drug-likeness (QED) is 0.588. The number of rotatable bonds is 7. The summed E-state index contributed by atoms with van der Waals surface area (Å²) in [4.78, 5) is 26.7. The van der Waals surface area contributed by atoms with Gasteiger partial charge in [0.1, 0.15) is 6.04 Å². The van der Waals surface area contributed by atoms with Crippen molar-refractivity contribution >= 4 is 24.5 Å². The van der Waals surface area contributed by atoms with Gasteiger partial charge in [-0.15, -0.1) is 0 Å². The molecule has 0 fully saturated rings. The molecule has 28 heavy (non-hydrogen) atoms. The second-order valence-electron chi connectivity index (χ2n) is 6.37. The molecule has 5 heteroatoms. The van der Waals surface area contributed by atoms with Crippen molar-refractivity contribution in [2.24, 2.45) is 0 Å². The van der Waals surface area contributed by atoms with E-state index in [1.807, 2.05) is 72.8 Å². The molecule has 4 nitrogen and oxygen atoms in total. The molecule has 0 heterocycles. The zero-order valence-electron chi connectivity index (χ0n) is 15.2. The molecule has 1 amide bonds. The van der Waals surface area contributed by atoms with E-state index in [0.29, 0.717) is 5.56 Å². The van der Waals surface area contributed by atoms with Gasteiger partial charge in [-0.3, -0.25) is 4.79 Å². The Bertz CT molecular complexity index is 944. The SMILES string of the molecule is O=C(O)[C@@H](CS)N(Cc1ccccc1)C(=O)c1ccccc1-c1ccccc1. The second kappa shape index (κ2) is 9.24. The summed E-state index contributed by atoms with van der Waals surface area (Å²) in [6, 6.07) is 25.2. The molecule has 3 rings (SSSR count). The van der Waals surface area contributed by atoms with E-state index in [-0.39, 0.29) is 18.2 Å². The average Bonchev–Trinajstić information content (AvgIpc) is 2.74. The van der Waals surface area contributed by atoms with Gasteiger partial charge < -0.3 is 10.0 Å². The van der Waals surface area contributed by atoms with Crippen LogP contribution in [-0.4, -0.2) is 33.7 Å². The van der Waals surface area contributed by atoms with E-state index in [9.17, 15) is 14.7 Å². The summed E-state index contributed by atoms with van der Waals surface area (Å²) >= 11 is 4.19. The maximum Gasteiger partial charge on any atom is 0.327 e. The predicted octanol–water partition coefficient (Wildman–Crippen LogP) is 4.38. The molecular formula is C23H21NO3S. The van der Waals surface area contributed by atoms with E-state index in [1.54, 1.807) is 12.1 Å². The van der Waals surface area contributed by atoms with Crippen LogP contribution in [0.4, 0.5) is 0 Å². The van der Waals surface area contributed by atoms with Crippen LogP contribution in [0, 0.1) is 0 Å². The summed E-state index contributed by atoms with van der Waals surface area (Å²) in [7, 11) is 0. The number of benzene rings is 3. The van der Waals surface area contributed by atoms with Crippen molar-refractivity contribution in [2.45, 2.75) is 12.6 Å². The first kappa shape index (κ1) is 19.7. The lowest BCUT2D eigenvalue weighted by atomic mass is 9.98.